The van der Waals surface area contributed by atoms with Crippen molar-refractivity contribution in [2.24, 2.45) is 5.92 Å². The maximum Gasteiger partial charge on any atom is 0.338 e. The fraction of sp³-hybridized carbons (Fsp3) is 0.455. The number of rotatable bonds is 9. The van der Waals surface area contributed by atoms with Gasteiger partial charge in [0.25, 0.3) is 0 Å². The van der Waals surface area contributed by atoms with Crippen molar-refractivity contribution < 1.29 is 14.3 Å². The predicted molar refractivity (Wildman–Crippen MR) is 218 cm³/mol. The third-order valence-electron chi connectivity index (χ3n) is 11.5. The number of fused-ring (bicyclic) bond motifs is 1. The van der Waals surface area contributed by atoms with Gasteiger partial charge in [-0.3, -0.25) is 4.90 Å². The Balaban J connectivity index is 0.847. The van der Waals surface area contributed by atoms with Gasteiger partial charge < -0.3 is 25.0 Å². The highest BCUT2D eigenvalue weighted by Gasteiger charge is 2.33. The molecule has 3 fully saturated rings. The smallest absolute Gasteiger partial charge is 0.338 e. The summed E-state index contributed by atoms with van der Waals surface area (Å²) in [5.74, 6) is 2.47. The van der Waals surface area contributed by atoms with Crippen LogP contribution in [0.4, 0.5) is 11.5 Å². The van der Waals surface area contributed by atoms with Gasteiger partial charge >= 0.3 is 5.97 Å². The van der Waals surface area contributed by atoms with Gasteiger partial charge in [0, 0.05) is 43.5 Å². The summed E-state index contributed by atoms with van der Waals surface area (Å²) in [6, 6.07) is 26.5. The van der Waals surface area contributed by atoms with Crippen molar-refractivity contribution in [1.82, 2.24) is 29.5 Å². The molecule has 3 aliphatic rings. The number of nitrogens with zero attached hydrogens (tertiary/aromatic N) is 7. The van der Waals surface area contributed by atoms with Crippen LogP contribution in [-0.2, 0) is 4.74 Å². The number of nitrogen functional groups attached to an aromatic ring is 1. The van der Waals surface area contributed by atoms with Crippen LogP contribution in [0.15, 0.2) is 85.2 Å². The second-order valence-corrected chi connectivity index (χ2v) is 16.5. The lowest BCUT2D eigenvalue weighted by Gasteiger charge is -2.43. The summed E-state index contributed by atoms with van der Waals surface area (Å²) in [4.78, 5) is 29.4. The summed E-state index contributed by atoms with van der Waals surface area (Å²) in [6.07, 6.45) is 8.55. The van der Waals surface area contributed by atoms with Crippen LogP contribution in [0.25, 0.3) is 22.3 Å². The molecule has 5 heterocycles. The molecule has 0 unspecified atom stereocenters. The van der Waals surface area contributed by atoms with Crippen LogP contribution in [0.2, 0.25) is 0 Å². The van der Waals surface area contributed by atoms with E-state index in [1.807, 2.05) is 87.5 Å². The highest BCUT2D eigenvalue weighted by Crippen LogP contribution is 2.36. The number of carbonyl (C=O) groups excluding carboxylic acids is 1. The molecule has 3 aromatic carbocycles. The number of hydrogen-bond donors (Lipinski definition) is 1. The van der Waals surface area contributed by atoms with E-state index in [2.05, 4.69) is 36.5 Å². The van der Waals surface area contributed by atoms with Gasteiger partial charge in [-0.05, 0) is 146 Å². The van der Waals surface area contributed by atoms with E-state index in [0.29, 0.717) is 17.4 Å². The number of nitrogens with two attached hydrogens (primary N) is 1. The summed E-state index contributed by atoms with van der Waals surface area (Å²) in [7, 11) is 0. The minimum absolute atomic E-state index is 0.219. The first kappa shape index (κ1) is 36.9. The van der Waals surface area contributed by atoms with Crippen LogP contribution >= 0.6 is 0 Å². The second kappa shape index (κ2) is 16.0. The predicted octanol–water partition coefficient (Wildman–Crippen LogP) is 7.84. The Bertz CT molecular complexity index is 2050. The zero-order valence-electron chi connectivity index (χ0n) is 32.4. The van der Waals surface area contributed by atoms with Gasteiger partial charge in [-0.25, -0.2) is 19.4 Å². The van der Waals surface area contributed by atoms with Gasteiger partial charge in [-0.1, -0.05) is 18.2 Å². The third-order valence-corrected chi connectivity index (χ3v) is 11.5. The van der Waals surface area contributed by atoms with E-state index in [4.69, 9.17) is 25.3 Å². The topological polar surface area (TPSA) is 115 Å². The van der Waals surface area contributed by atoms with E-state index in [9.17, 15) is 4.79 Å². The maximum absolute atomic E-state index is 12.5. The summed E-state index contributed by atoms with van der Waals surface area (Å²) in [5.41, 5.74) is 10.4. The molecule has 5 aromatic rings. The molecule has 11 nitrogen and oxygen atoms in total. The molecule has 8 rings (SSSR count). The van der Waals surface area contributed by atoms with Gasteiger partial charge in [-0.15, -0.1) is 0 Å². The number of ether oxygens (including phenoxy) is 2. The van der Waals surface area contributed by atoms with Crippen molar-refractivity contribution in [2.75, 3.05) is 56.4 Å². The monoisotopic (exact) mass is 742 g/mol. The van der Waals surface area contributed by atoms with Gasteiger partial charge in [0.15, 0.2) is 5.65 Å². The first-order chi connectivity index (χ1) is 26.7. The fourth-order valence-corrected chi connectivity index (χ4v) is 8.62. The van der Waals surface area contributed by atoms with Crippen LogP contribution in [-0.4, -0.2) is 93.0 Å². The molecule has 1 atom stereocenters. The largest absolute Gasteiger partial charge is 0.457 e. The minimum atomic E-state index is -0.494. The molecular weight excluding hydrogens is 689 g/mol. The van der Waals surface area contributed by atoms with E-state index in [-0.39, 0.29) is 12.0 Å². The molecule has 3 aliphatic heterocycles. The zero-order chi connectivity index (χ0) is 37.9. The number of piperidine rings is 3. The number of benzene rings is 3. The van der Waals surface area contributed by atoms with Gasteiger partial charge in [0.05, 0.1) is 17.0 Å². The van der Waals surface area contributed by atoms with E-state index < -0.39 is 5.60 Å². The Labute approximate surface area is 324 Å². The molecule has 11 heteroatoms. The molecule has 2 N–H and O–H groups in total. The number of para-hydroxylation sites is 1. The zero-order valence-corrected chi connectivity index (χ0v) is 32.4. The fourth-order valence-electron chi connectivity index (χ4n) is 8.62. The lowest BCUT2D eigenvalue weighted by atomic mass is 9.93. The molecule has 0 bridgehead atoms. The van der Waals surface area contributed by atoms with E-state index >= 15 is 0 Å². The Morgan fingerprint density at radius 1 is 0.800 bits per heavy atom. The number of esters is 1. The van der Waals surface area contributed by atoms with Crippen LogP contribution in [0.1, 0.15) is 75.7 Å². The lowest BCUT2D eigenvalue weighted by molar-refractivity contribution is 0.00695. The van der Waals surface area contributed by atoms with E-state index in [0.717, 1.165) is 91.8 Å². The third kappa shape index (κ3) is 8.63. The van der Waals surface area contributed by atoms with E-state index in [1.54, 1.807) is 6.33 Å². The highest BCUT2D eigenvalue weighted by atomic mass is 16.6. The molecule has 0 saturated carbocycles. The van der Waals surface area contributed by atoms with Crippen LogP contribution in [0.5, 0.6) is 11.5 Å². The van der Waals surface area contributed by atoms with E-state index in [1.165, 1.54) is 37.9 Å². The Morgan fingerprint density at radius 3 is 2.22 bits per heavy atom. The molecule has 0 spiro atoms. The number of carbonyl (C=O) groups is 1. The first-order valence-corrected chi connectivity index (χ1v) is 20.0. The molecule has 2 aromatic heterocycles. The van der Waals surface area contributed by atoms with Crippen molar-refractivity contribution in [3.05, 3.63) is 90.8 Å². The summed E-state index contributed by atoms with van der Waals surface area (Å²) >= 11 is 0. The second-order valence-electron chi connectivity index (χ2n) is 16.5. The summed E-state index contributed by atoms with van der Waals surface area (Å²) in [6.45, 7) is 13.4. The summed E-state index contributed by atoms with van der Waals surface area (Å²) in [5, 5.41) is 6.01. The quantitative estimate of drug-likeness (QED) is 0.150. The SMILES string of the molecule is CC(C)(C)OC(=O)c1ccc(N2CCC(CN3CCC(N4CCC[C@@H](n5nc(-c6ccc(Oc7ccccc7)cc6)c6c(N)ncnc65)C4)CC3)CC2)cc1. The highest BCUT2D eigenvalue weighted by molar-refractivity contribution is 5.98. The standard InChI is InChI=1S/C44H54N8O3/c1-44(2,3)55-43(53)33-11-15-34(16-12-33)50-26-19-31(20-27-50)28-49-24-21-35(22-25-49)51-23-7-8-36(29-51)52-42-39(41(45)46-30-47-42)40(48-52)32-13-17-38(18-14-32)54-37-9-5-4-6-10-37/h4-6,9-18,30-31,35-36H,7-8,19-29H2,1-3H3,(H2,45,46,47)/t36-/m1/s1. The normalized spacial score (nSPS) is 19.5. The molecule has 0 amide bonds. The van der Waals surface area contributed by atoms with Crippen molar-refractivity contribution in [3.63, 3.8) is 0 Å². The van der Waals surface area contributed by atoms with Crippen LogP contribution in [0, 0.1) is 5.92 Å². The lowest BCUT2D eigenvalue weighted by Crippen LogP contribution is -2.50. The molecular formula is C44H54N8O3. The number of aromatic nitrogens is 4. The van der Waals surface area contributed by atoms with Gasteiger partial charge in [-0.2, -0.15) is 5.10 Å². The van der Waals surface area contributed by atoms with Crippen molar-refractivity contribution in [2.45, 2.75) is 77.0 Å². The molecule has 0 radical (unpaired) electrons. The average molecular weight is 743 g/mol. The Hall–Kier alpha value is -5.00. The molecule has 288 valence electrons. The first-order valence-electron chi connectivity index (χ1n) is 20.0. The van der Waals surface area contributed by atoms with Gasteiger partial charge in [0.1, 0.15) is 34.9 Å². The summed E-state index contributed by atoms with van der Waals surface area (Å²) < 4.78 is 13.7. The minimum Gasteiger partial charge on any atom is -0.457 e. The molecule has 0 aliphatic carbocycles. The Morgan fingerprint density at radius 2 is 1.51 bits per heavy atom. The molecule has 55 heavy (non-hydrogen) atoms. The van der Waals surface area contributed by atoms with Crippen molar-refractivity contribution in [1.29, 1.82) is 0 Å². The van der Waals surface area contributed by atoms with Crippen molar-refractivity contribution >= 4 is 28.5 Å². The van der Waals surface area contributed by atoms with Crippen LogP contribution in [0.3, 0.4) is 0 Å². The van der Waals surface area contributed by atoms with Crippen molar-refractivity contribution in [3.8, 4) is 22.8 Å². The number of likely N-dealkylation sites (tertiary alicyclic amines) is 2. The average Bonchev–Trinajstić information content (AvgIpc) is 3.60. The van der Waals surface area contributed by atoms with Gasteiger partial charge in [0.2, 0.25) is 0 Å². The maximum atomic E-state index is 12.5. The molecule has 3 saturated heterocycles. The number of hydrogen-bond acceptors (Lipinski definition) is 10. The number of anilines is 2. The van der Waals surface area contributed by atoms with Crippen LogP contribution < -0.4 is 15.4 Å². The Kier molecular flexibility index (Phi) is 10.7.